The molecular weight excluding hydrogens is 242 g/mol. The van der Waals surface area contributed by atoms with Crippen LogP contribution in [0, 0.1) is 17.8 Å². The van der Waals surface area contributed by atoms with Gasteiger partial charge in [-0.2, -0.15) is 0 Å². The van der Waals surface area contributed by atoms with E-state index in [4.69, 9.17) is 5.11 Å². The fraction of sp³-hybridized carbons (Fsp3) is 0.867. The van der Waals surface area contributed by atoms with E-state index in [2.05, 4.69) is 12.2 Å². The Morgan fingerprint density at radius 3 is 2.53 bits per heavy atom. The number of rotatable bonds is 7. The second kappa shape index (κ2) is 6.40. The first-order valence-electron chi connectivity index (χ1n) is 7.57. The summed E-state index contributed by atoms with van der Waals surface area (Å²) >= 11 is 0. The van der Waals surface area contributed by atoms with Gasteiger partial charge in [0.15, 0.2) is 0 Å². The van der Waals surface area contributed by atoms with E-state index in [1.807, 2.05) is 0 Å². The SMILES string of the molecule is CC(NC(=O)CCCCC(=O)O)C1CC2CCC1C2. The van der Waals surface area contributed by atoms with Gasteiger partial charge in [0, 0.05) is 18.9 Å². The summed E-state index contributed by atoms with van der Waals surface area (Å²) in [4.78, 5) is 22.2. The fourth-order valence-electron chi connectivity index (χ4n) is 3.90. The molecule has 0 aromatic rings. The van der Waals surface area contributed by atoms with E-state index in [0.29, 0.717) is 25.2 Å². The van der Waals surface area contributed by atoms with Crippen molar-refractivity contribution >= 4 is 11.9 Å². The minimum absolute atomic E-state index is 0.0839. The molecule has 2 bridgehead atoms. The summed E-state index contributed by atoms with van der Waals surface area (Å²) in [6, 6.07) is 0.280. The molecule has 0 aromatic heterocycles. The molecule has 4 heteroatoms. The molecule has 2 aliphatic carbocycles. The van der Waals surface area contributed by atoms with E-state index in [0.717, 1.165) is 11.8 Å². The molecule has 2 N–H and O–H groups in total. The molecule has 2 rings (SSSR count). The van der Waals surface area contributed by atoms with Crippen molar-refractivity contribution in [2.45, 2.75) is 64.3 Å². The van der Waals surface area contributed by atoms with Gasteiger partial charge in [0.2, 0.25) is 5.91 Å². The standard InChI is InChI=1S/C15H25NO3/c1-10(13-9-11-6-7-12(13)8-11)16-14(17)4-2-3-5-15(18)19/h10-13H,2-9H2,1H3,(H,16,17)(H,18,19). The number of fused-ring (bicyclic) bond motifs is 2. The summed E-state index contributed by atoms with van der Waals surface area (Å²) in [5.41, 5.74) is 0. The van der Waals surface area contributed by atoms with Crippen LogP contribution in [0.4, 0.5) is 0 Å². The molecule has 0 aromatic carbocycles. The second-order valence-corrected chi connectivity index (χ2v) is 6.30. The third kappa shape index (κ3) is 3.95. The van der Waals surface area contributed by atoms with Gasteiger partial charge in [-0.15, -0.1) is 0 Å². The Hall–Kier alpha value is -1.06. The molecular formula is C15H25NO3. The van der Waals surface area contributed by atoms with Crippen molar-refractivity contribution in [1.29, 1.82) is 0 Å². The van der Waals surface area contributed by atoms with Crippen molar-refractivity contribution in [3.05, 3.63) is 0 Å². The summed E-state index contributed by atoms with van der Waals surface area (Å²) in [7, 11) is 0. The molecule has 2 saturated carbocycles. The maximum absolute atomic E-state index is 11.8. The Morgan fingerprint density at radius 2 is 1.95 bits per heavy atom. The molecule has 2 fully saturated rings. The van der Waals surface area contributed by atoms with Crippen LogP contribution in [0.5, 0.6) is 0 Å². The number of hydrogen-bond donors (Lipinski definition) is 2. The second-order valence-electron chi connectivity index (χ2n) is 6.30. The number of carbonyl (C=O) groups excluding carboxylic acids is 1. The van der Waals surface area contributed by atoms with E-state index in [1.165, 1.54) is 25.7 Å². The zero-order valence-corrected chi connectivity index (χ0v) is 11.7. The molecule has 0 radical (unpaired) electrons. The van der Waals surface area contributed by atoms with E-state index in [9.17, 15) is 9.59 Å². The molecule has 4 nitrogen and oxygen atoms in total. The first-order chi connectivity index (χ1) is 9.06. The van der Waals surface area contributed by atoms with Crippen molar-refractivity contribution in [2.24, 2.45) is 17.8 Å². The first-order valence-corrected chi connectivity index (χ1v) is 7.57. The van der Waals surface area contributed by atoms with Gasteiger partial charge in [0.25, 0.3) is 0 Å². The summed E-state index contributed by atoms with van der Waals surface area (Å²) in [6.07, 6.45) is 7.25. The molecule has 19 heavy (non-hydrogen) atoms. The maximum atomic E-state index is 11.8. The first kappa shape index (κ1) is 14.4. The third-order valence-corrected chi connectivity index (χ3v) is 4.87. The number of carboxylic acids is 1. The van der Waals surface area contributed by atoms with E-state index < -0.39 is 5.97 Å². The van der Waals surface area contributed by atoms with Crippen LogP contribution >= 0.6 is 0 Å². The number of carbonyl (C=O) groups is 2. The molecule has 2 aliphatic rings. The lowest BCUT2D eigenvalue weighted by molar-refractivity contribution is -0.137. The normalized spacial score (nSPS) is 30.3. The van der Waals surface area contributed by atoms with Gasteiger partial charge >= 0.3 is 5.97 Å². The zero-order valence-electron chi connectivity index (χ0n) is 11.7. The van der Waals surface area contributed by atoms with Crippen LogP contribution in [0.15, 0.2) is 0 Å². The van der Waals surface area contributed by atoms with Crippen molar-refractivity contribution < 1.29 is 14.7 Å². The van der Waals surface area contributed by atoms with Crippen LogP contribution in [0.1, 0.15) is 58.3 Å². The number of hydrogen-bond acceptors (Lipinski definition) is 2. The Bertz CT molecular complexity index is 342. The number of carboxylic acid groups (broad SMARTS) is 1. The predicted octanol–water partition coefficient (Wildman–Crippen LogP) is 2.57. The zero-order chi connectivity index (χ0) is 13.8. The number of nitrogens with one attached hydrogen (secondary N) is 1. The van der Waals surface area contributed by atoms with Crippen LogP contribution in [0.2, 0.25) is 0 Å². The van der Waals surface area contributed by atoms with Crippen LogP contribution in [0.25, 0.3) is 0 Å². The van der Waals surface area contributed by atoms with Gasteiger partial charge in [-0.1, -0.05) is 6.42 Å². The smallest absolute Gasteiger partial charge is 0.303 e. The van der Waals surface area contributed by atoms with E-state index in [1.54, 1.807) is 0 Å². The highest BCUT2D eigenvalue weighted by atomic mass is 16.4. The molecule has 1 amide bonds. The molecule has 4 atom stereocenters. The van der Waals surface area contributed by atoms with Crippen molar-refractivity contribution in [3.63, 3.8) is 0 Å². The summed E-state index contributed by atoms with van der Waals surface area (Å²) in [6.45, 7) is 2.13. The van der Waals surface area contributed by atoms with Gasteiger partial charge in [0.1, 0.15) is 0 Å². The van der Waals surface area contributed by atoms with Gasteiger partial charge in [-0.3, -0.25) is 9.59 Å². The molecule has 108 valence electrons. The summed E-state index contributed by atoms with van der Waals surface area (Å²) in [5.74, 6) is 1.70. The predicted molar refractivity (Wildman–Crippen MR) is 72.6 cm³/mol. The molecule has 0 spiro atoms. The van der Waals surface area contributed by atoms with Crippen molar-refractivity contribution in [3.8, 4) is 0 Å². The summed E-state index contributed by atoms with van der Waals surface area (Å²) in [5, 5.41) is 11.6. The van der Waals surface area contributed by atoms with Gasteiger partial charge in [-0.05, 0) is 56.8 Å². The highest BCUT2D eigenvalue weighted by Crippen LogP contribution is 2.49. The average molecular weight is 267 g/mol. The lowest BCUT2D eigenvalue weighted by Gasteiger charge is -2.28. The lowest BCUT2D eigenvalue weighted by atomic mass is 9.84. The largest absolute Gasteiger partial charge is 0.481 e. The Labute approximate surface area is 115 Å². The number of unbranched alkanes of at least 4 members (excludes halogenated alkanes) is 1. The fourth-order valence-corrected chi connectivity index (χ4v) is 3.90. The van der Waals surface area contributed by atoms with E-state index in [-0.39, 0.29) is 18.4 Å². The Morgan fingerprint density at radius 1 is 1.21 bits per heavy atom. The minimum Gasteiger partial charge on any atom is -0.481 e. The van der Waals surface area contributed by atoms with Crippen LogP contribution < -0.4 is 5.32 Å². The van der Waals surface area contributed by atoms with Crippen molar-refractivity contribution in [1.82, 2.24) is 5.32 Å². The Balaban J connectivity index is 1.63. The van der Waals surface area contributed by atoms with Gasteiger partial charge in [-0.25, -0.2) is 0 Å². The van der Waals surface area contributed by atoms with E-state index >= 15 is 0 Å². The highest BCUT2D eigenvalue weighted by molar-refractivity contribution is 5.76. The third-order valence-electron chi connectivity index (χ3n) is 4.87. The van der Waals surface area contributed by atoms with Crippen LogP contribution in [-0.2, 0) is 9.59 Å². The topological polar surface area (TPSA) is 66.4 Å². The van der Waals surface area contributed by atoms with Gasteiger partial charge < -0.3 is 10.4 Å². The van der Waals surface area contributed by atoms with Gasteiger partial charge in [0.05, 0.1) is 0 Å². The lowest BCUT2D eigenvalue weighted by Crippen LogP contribution is -2.40. The molecule has 0 heterocycles. The van der Waals surface area contributed by atoms with Crippen LogP contribution in [0.3, 0.4) is 0 Å². The molecule has 0 saturated heterocycles. The monoisotopic (exact) mass is 267 g/mol. The average Bonchev–Trinajstić information content (AvgIpc) is 2.96. The highest BCUT2D eigenvalue weighted by Gasteiger charge is 2.41. The minimum atomic E-state index is -0.782. The summed E-state index contributed by atoms with van der Waals surface area (Å²) < 4.78 is 0. The number of aliphatic carboxylic acids is 1. The Kier molecular flexibility index (Phi) is 4.83. The van der Waals surface area contributed by atoms with Crippen molar-refractivity contribution in [2.75, 3.05) is 0 Å². The molecule has 4 unspecified atom stereocenters. The number of amides is 1. The quantitative estimate of drug-likeness (QED) is 0.697. The van der Waals surface area contributed by atoms with Crippen LogP contribution in [-0.4, -0.2) is 23.0 Å². The molecule has 0 aliphatic heterocycles. The maximum Gasteiger partial charge on any atom is 0.303 e.